The fourth-order valence-electron chi connectivity index (χ4n) is 1.53. The van der Waals surface area contributed by atoms with Crippen molar-refractivity contribution in [1.29, 1.82) is 0 Å². The molecule has 0 aromatic heterocycles. The number of amides is 3. The number of rotatable bonds is 8. The van der Waals surface area contributed by atoms with Crippen molar-refractivity contribution in [2.45, 2.75) is 6.54 Å². The number of benzene rings is 1. The van der Waals surface area contributed by atoms with Crippen LogP contribution in [-0.2, 0) is 16.1 Å². The fraction of sp³-hybridized carbons (Fsp3) is 0.429. The number of carbonyl (C=O) groups is 2. The minimum absolute atomic E-state index is 0.219. The summed E-state index contributed by atoms with van der Waals surface area (Å²) in [6.45, 7) is 1.27. The lowest BCUT2D eigenvalue weighted by Gasteiger charge is -2.08. The molecule has 3 amide bonds. The summed E-state index contributed by atoms with van der Waals surface area (Å²) in [5.41, 5.74) is 1.12. The van der Waals surface area contributed by atoms with Crippen LogP contribution in [0.1, 0.15) is 5.56 Å². The standard InChI is InChI=1S/C14H21N3O4/c1-15-9-11-3-5-12(6-4-11)21-10-13(18)17-14(19)16-7-8-20-2/h3-6,15H,7-10H2,1-2H3,(H2,16,17,18,19). The average molecular weight is 295 g/mol. The molecule has 0 aliphatic carbocycles. The van der Waals surface area contributed by atoms with Gasteiger partial charge in [-0.1, -0.05) is 12.1 Å². The SMILES string of the molecule is CNCc1ccc(OCC(=O)NC(=O)NCCOC)cc1. The summed E-state index contributed by atoms with van der Waals surface area (Å²) in [4.78, 5) is 22.8. The molecule has 0 fully saturated rings. The molecule has 0 heterocycles. The molecule has 7 heteroatoms. The number of imide groups is 1. The molecular weight excluding hydrogens is 274 g/mol. The number of urea groups is 1. The lowest BCUT2D eigenvalue weighted by atomic mass is 10.2. The molecule has 1 rings (SSSR count). The summed E-state index contributed by atoms with van der Waals surface area (Å²) in [5.74, 6) is 0.0639. The van der Waals surface area contributed by atoms with Gasteiger partial charge in [-0.3, -0.25) is 10.1 Å². The van der Waals surface area contributed by atoms with E-state index in [2.05, 4.69) is 16.0 Å². The average Bonchev–Trinajstić information content (AvgIpc) is 2.47. The molecule has 0 aliphatic rings. The highest BCUT2D eigenvalue weighted by Gasteiger charge is 2.07. The number of nitrogens with one attached hydrogen (secondary N) is 3. The van der Waals surface area contributed by atoms with Gasteiger partial charge in [-0.25, -0.2) is 4.79 Å². The summed E-state index contributed by atoms with van der Waals surface area (Å²) < 4.78 is 10.1. The quantitative estimate of drug-likeness (QED) is 0.599. The van der Waals surface area contributed by atoms with Crippen LogP contribution in [0.4, 0.5) is 4.79 Å². The van der Waals surface area contributed by atoms with Crippen molar-refractivity contribution in [3.63, 3.8) is 0 Å². The summed E-state index contributed by atoms with van der Waals surface area (Å²) >= 11 is 0. The van der Waals surface area contributed by atoms with Gasteiger partial charge in [0.1, 0.15) is 5.75 Å². The first-order valence-corrected chi connectivity index (χ1v) is 6.58. The Morgan fingerprint density at radius 3 is 2.52 bits per heavy atom. The van der Waals surface area contributed by atoms with E-state index in [0.717, 1.165) is 12.1 Å². The molecule has 116 valence electrons. The Hall–Kier alpha value is -2.12. The third kappa shape index (κ3) is 7.28. The lowest BCUT2D eigenvalue weighted by molar-refractivity contribution is -0.122. The van der Waals surface area contributed by atoms with Crippen molar-refractivity contribution in [2.24, 2.45) is 0 Å². The second kappa shape index (κ2) is 9.73. The summed E-state index contributed by atoms with van der Waals surface area (Å²) in [6.07, 6.45) is 0. The molecule has 0 unspecified atom stereocenters. The molecular formula is C14H21N3O4. The number of ether oxygens (including phenoxy) is 2. The number of hydrogen-bond acceptors (Lipinski definition) is 5. The molecule has 0 bridgehead atoms. The van der Waals surface area contributed by atoms with Crippen LogP contribution in [0.25, 0.3) is 0 Å². The van der Waals surface area contributed by atoms with Gasteiger partial charge in [0, 0.05) is 20.2 Å². The molecule has 0 aliphatic heterocycles. The van der Waals surface area contributed by atoms with Crippen LogP contribution < -0.4 is 20.7 Å². The maximum atomic E-state index is 11.5. The van der Waals surface area contributed by atoms with E-state index in [4.69, 9.17) is 9.47 Å². The van der Waals surface area contributed by atoms with E-state index in [9.17, 15) is 9.59 Å². The zero-order valence-electron chi connectivity index (χ0n) is 12.3. The Bertz CT molecular complexity index is 448. The molecule has 7 nitrogen and oxygen atoms in total. The minimum atomic E-state index is -0.565. The van der Waals surface area contributed by atoms with Crippen LogP contribution in [0.3, 0.4) is 0 Å². The van der Waals surface area contributed by atoms with Gasteiger partial charge in [0.2, 0.25) is 0 Å². The topological polar surface area (TPSA) is 88.7 Å². The number of carbonyl (C=O) groups excluding carboxylic acids is 2. The molecule has 1 aromatic rings. The zero-order chi connectivity index (χ0) is 15.5. The molecule has 0 saturated heterocycles. The van der Waals surface area contributed by atoms with E-state index in [-0.39, 0.29) is 6.61 Å². The zero-order valence-corrected chi connectivity index (χ0v) is 12.3. The largest absolute Gasteiger partial charge is 0.484 e. The first-order chi connectivity index (χ1) is 10.2. The Morgan fingerprint density at radius 1 is 1.19 bits per heavy atom. The van der Waals surface area contributed by atoms with E-state index in [1.807, 2.05) is 19.2 Å². The van der Waals surface area contributed by atoms with Gasteiger partial charge < -0.3 is 20.1 Å². The molecule has 1 aromatic carbocycles. The van der Waals surface area contributed by atoms with Crippen LogP contribution in [-0.4, -0.2) is 45.9 Å². The smallest absolute Gasteiger partial charge is 0.321 e. The molecule has 0 atom stereocenters. The van der Waals surface area contributed by atoms with Crippen LogP contribution in [0.2, 0.25) is 0 Å². The normalized spacial score (nSPS) is 10.0. The van der Waals surface area contributed by atoms with E-state index in [1.54, 1.807) is 12.1 Å². The lowest BCUT2D eigenvalue weighted by Crippen LogP contribution is -2.42. The van der Waals surface area contributed by atoms with E-state index in [0.29, 0.717) is 18.9 Å². The van der Waals surface area contributed by atoms with Crippen molar-refractivity contribution in [3.8, 4) is 5.75 Å². The third-order valence-corrected chi connectivity index (χ3v) is 2.52. The Morgan fingerprint density at radius 2 is 1.90 bits per heavy atom. The first-order valence-electron chi connectivity index (χ1n) is 6.58. The molecule has 3 N–H and O–H groups in total. The van der Waals surface area contributed by atoms with Gasteiger partial charge in [-0.2, -0.15) is 0 Å². The predicted octanol–water partition coefficient (Wildman–Crippen LogP) is 0.257. The van der Waals surface area contributed by atoms with Crippen LogP contribution in [0.15, 0.2) is 24.3 Å². The van der Waals surface area contributed by atoms with Gasteiger partial charge in [0.15, 0.2) is 6.61 Å². The second-order valence-electron chi connectivity index (χ2n) is 4.26. The highest BCUT2D eigenvalue weighted by molar-refractivity contribution is 5.94. The summed E-state index contributed by atoms with van der Waals surface area (Å²) in [5, 5.41) is 7.67. The van der Waals surface area contributed by atoms with E-state index >= 15 is 0 Å². The maximum absolute atomic E-state index is 11.5. The van der Waals surface area contributed by atoms with Gasteiger partial charge in [-0.15, -0.1) is 0 Å². The van der Waals surface area contributed by atoms with Gasteiger partial charge in [0.25, 0.3) is 5.91 Å². The molecule has 0 spiro atoms. The van der Waals surface area contributed by atoms with E-state index in [1.165, 1.54) is 7.11 Å². The molecule has 21 heavy (non-hydrogen) atoms. The predicted molar refractivity (Wildman–Crippen MR) is 78.1 cm³/mol. The van der Waals surface area contributed by atoms with Crippen molar-refractivity contribution >= 4 is 11.9 Å². The third-order valence-electron chi connectivity index (χ3n) is 2.52. The van der Waals surface area contributed by atoms with Crippen LogP contribution in [0, 0.1) is 0 Å². The Kier molecular flexibility index (Phi) is 7.85. The molecule has 0 saturated carbocycles. The number of methoxy groups -OCH3 is 1. The second-order valence-corrected chi connectivity index (χ2v) is 4.26. The van der Waals surface area contributed by atoms with Crippen LogP contribution >= 0.6 is 0 Å². The van der Waals surface area contributed by atoms with Crippen molar-refractivity contribution in [1.82, 2.24) is 16.0 Å². The maximum Gasteiger partial charge on any atom is 0.321 e. The number of hydrogen-bond donors (Lipinski definition) is 3. The Balaban J connectivity index is 2.27. The molecule has 0 radical (unpaired) electrons. The Labute approximate surface area is 124 Å². The summed E-state index contributed by atoms with van der Waals surface area (Å²) in [6, 6.07) is 6.80. The van der Waals surface area contributed by atoms with Crippen molar-refractivity contribution in [2.75, 3.05) is 33.9 Å². The minimum Gasteiger partial charge on any atom is -0.484 e. The van der Waals surface area contributed by atoms with Gasteiger partial charge in [-0.05, 0) is 24.7 Å². The highest BCUT2D eigenvalue weighted by atomic mass is 16.5. The first kappa shape index (κ1) is 16.9. The summed E-state index contributed by atoms with van der Waals surface area (Å²) in [7, 11) is 3.40. The van der Waals surface area contributed by atoms with Gasteiger partial charge in [0.05, 0.1) is 6.61 Å². The van der Waals surface area contributed by atoms with Gasteiger partial charge >= 0.3 is 6.03 Å². The van der Waals surface area contributed by atoms with E-state index < -0.39 is 11.9 Å². The highest BCUT2D eigenvalue weighted by Crippen LogP contribution is 2.11. The fourth-order valence-corrected chi connectivity index (χ4v) is 1.53. The van der Waals surface area contributed by atoms with Crippen molar-refractivity contribution in [3.05, 3.63) is 29.8 Å². The van der Waals surface area contributed by atoms with Crippen LogP contribution in [0.5, 0.6) is 5.75 Å². The monoisotopic (exact) mass is 295 g/mol. The van der Waals surface area contributed by atoms with Crippen molar-refractivity contribution < 1.29 is 19.1 Å².